The smallest absolute Gasteiger partial charge is 0.160 e. The standard InChI is InChI=1S/C15H16FNO2/c16-13-5-3-4-11(8-13)12(9-17)10-19-15-7-2-1-6-14(15)18/h1-8,12,18H,9-10,17H2. The van der Waals surface area contributed by atoms with Crippen LogP contribution in [0.2, 0.25) is 0 Å². The number of ether oxygens (including phenoxy) is 1. The second-order valence-electron chi connectivity index (χ2n) is 4.27. The lowest BCUT2D eigenvalue weighted by atomic mass is 10.0. The molecule has 0 heterocycles. The van der Waals surface area contributed by atoms with E-state index in [4.69, 9.17) is 10.5 Å². The number of hydrogen-bond acceptors (Lipinski definition) is 3. The highest BCUT2D eigenvalue weighted by atomic mass is 19.1. The Morgan fingerprint density at radius 1 is 1.16 bits per heavy atom. The Kier molecular flexibility index (Phi) is 4.36. The zero-order valence-corrected chi connectivity index (χ0v) is 10.4. The predicted octanol–water partition coefficient (Wildman–Crippen LogP) is 2.65. The van der Waals surface area contributed by atoms with Gasteiger partial charge in [-0.2, -0.15) is 0 Å². The molecule has 2 aromatic carbocycles. The maximum Gasteiger partial charge on any atom is 0.160 e. The van der Waals surface area contributed by atoms with Crippen LogP contribution in [0.15, 0.2) is 48.5 Å². The van der Waals surface area contributed by atoms with Crippen LogP contribution in [0.1, 0.15) is 11.5 Å². The van der Waals surface area contributed by atoms with Gasteiger partial charge in [-0.25, -0.2) is 4.39 Å². The third kappa shape index (κ3) is 3.45. The summed E-state index contributed by atoms with van der Waals surface area (Å²) in [4.78, 5) is 0. The SMILES string of the molecule is NCC(COc1ccccc1O)c1cccc(F)c1. The van der Waals surface area contributed by atoms with Crippen LogP contribution in [0.3, 0.4) is 0 Å². The van der Waals surface area contributed by atoms with Gasteiger partial charge < -0.3 is 15.6 Å². The van der Waals surface area contributed by atoms with Gasteiger partial charge in [0.25, 0.3) is 0 Å². The molecule has 0 saturated carbocycles. The largest absolute Gasteiger partial charge is 0.504 e. The molecule has 3 nitrogen and oxygen atoms in total. The summed E-state index contributed by atoms with van der Waals surface area (Å²) in [7, 11) is 0. The highest BCUT2D eigenvalue weighted by Gasteiger charge is 2.12. The van der Waals surface area contributed by atoms with Crippen molar-refractivity contribution in [3.05, 3.63) is 59.9 Å². The van der Waals surface area contributed by atoms with Crippen molar-refractivity contribution >= 4 is 0 Å². The van der Waals surface area contributed by atoms with E-state index in [1.54, 1.807) is 30.3 Å². The third-order valence-electron chi connectivity index (χ3n) is 2.91. The first kappa shape index (κ1) is 13.4. The van der Waals surface area contributed by atoms with Gasteiger partial charge in [-0.1, -0.05) is 24.3 Å². The van der Waals surface area contributed by atoms with Crippen LogP contribution in [0, 0.1) is 5.82 Å². The Balaban J connectivity index is 2.06. The van der Waals surface area contributed by atoms with E-state index in [2.05, 4.69) is 0 Å². The molecular weight excluding hydrogens is 245 g/mol. The molecule has 1 unspecified atom stereocenters. The van der Waals surface area contributed by atoms with Crippen molar-refractivity contribution < 1.29 is 14.2 Å². The molecule has 0 aliphatic carbocycles. The zero-order chi connectivity index (χ0) is 13.7. The maximum absolute atomic E-state index is 13.2. The van der Waals surface area contributed by atoms with E-state index in [-0.39, 0.29) is 24.1 Å². The molecule has 1 atom stereocenters. The van der Waals surface area contributed by atoms with Crippen molar-refractivity contribution in [1.82, 2.24) is 0 Å². The molecule has 2 rings (SSSR count). The number of phenolic OH excluding ortho intramolecular Hbond substituents is 1. The first-order chi connectivity index (χ1) is 9.20. The lowest BCUT2D eigenvalue weighted by molar-refractivity contribution is 0.276. The Morgan fingerprint density at radius 2 is 1.95 bits per heavy atom. The molecular formula is C15H16FNO2. The number of rotatable bonds is 5. The number of hydrogen-bond donors (Lipinski definition) is 2. The lowest BCUT2D eigenvalue weighted by Crippen LogP contribution is -2.19. The van der Waals surface area contributed by atoms with Crippen LogP contribution in [-0.2, 0) is 0 Å². The van der Waals surface area contributed by atoms with E-state index in [1.165, 1.54) is 12.1 Å². The van der Waals surface area contributed by atoms with Crippen molar-refractivity contribution in [1.29, 1.82) is 0 Å². The molecule has 3 N–H and O–H groups in total. The summed E-state index contributed by atoms with van der Waals surface area (Å²) in [5.41, 5.74) is 6.48. The van der Waals surface area contributed by atoms with E-state index in [9.17, 15) is 9.50 Å². The minimum absolute atomic E-state index is 0.0810. The summed E-state index contributed by atoms with van der Waals surface area (Å²) in [5, 5.41) is 9.59. The summed E-state index contributed by atoms with van der Waals surface area (Å²) in [6.45, 7) is 0.634. The fourth-order valence-corrected chi connectivity index (χ4v) is 1.83. The number of phenols is 1. The second-order valence-corrected chi connectivity index (χ2v) is 4.27. The lowest BCUT2D eigenvalue weighted by Gasteiger charge is -2.16. The van der Waals surface area contributed by atoms with Crippen LogP contribution in [-0.4, -0.2) is 18.3 Å². The third-order valence-corrected chi connectivity index (χ3v) is 2.91. The molecule has 2 aromatic rings. The molecule has 0 aliphatic rings. The second kappa shape index (κ2) is 6.20. The summed E-state index contributed by atoms with van der Waals surface area (Å²) in [6, 6.07) is 13.0. The van der Waals surface area contributed by atoms with Gasteiger partial charge in [0.05, 0.1) is 6.61 Å². The predicted molar refractivity (Wildman–Crippen MR) is 71.8 cm³/mol. The van der Waals surface area contributed by atoms with E-state index >= 15 is 0 Å². The molecule has 0 aliphatic heterocycles. The van der Waals surface area contributed by atoms with E-state index in [0.29, 0.717) is 12.3 Å². The van der Waals surface area contributed by atoms with Gasteiger partial charge in [-0.05, 0) is 29.8 Å². The van der Waals surface area contributed by atoms with Crippen molar-refractivity contribution in [2.24, 2.45) is 5.73 Å². The molecule has 0 saturated heterocycles. The highest BCUT2D eigenvalue weighted by molar-refractivity contribution is 5.38. The van der Waals surface area contributed by atoms with Crippen LogP contribution in [0.4, 0.5) is 4.39 Å². The number of nitrogens with two attached hydrogens (primary N) is 1. The van der Waals surface area contributed by atoms with Gasteiger partial charge in [0.2, 0.25) is 0 Å². The van der Waals surface area contributed by atoms with Gasteiger partial charge in [0.15, 0.2) is 11.5 Å². The topological polar surface area (TPSA) is 55.5 Å². The summed E-state index contributed by atoms with van der Waals surface area (Å²) >= 11 is 0. The van der Waals surface area contributed by atoms with Crippen molar-refractivity contribution in [2.45, 2.75) is 5.92 Å². The number of halogens is 1. The van der Waals surface area contributed by atoms with Crippen molar-refractivity contribution in [2.75, 3.05) is 13.2 Å². The van der Waals surface area contributed by atoms with E-state index < -0.39 is 0 Å². The fourth-order valence-electron chi connectivity index (χ4n) is 1.83. The monoisotopic (exact) mass is 261 g/mol. The average molecular weight is 261 g/mol. The molecule has 0 aromatic heterocycles. The first-order valence-corrected chi connectivity index (χ1v) is 6.07. The Morgan fingerprint density at radius 3 is 2.63 bits per heavy atom. The van der Waals surface area contributed by atoms with Crippen LogP contribution in [0.5, 0.6) is 11.5 Å². The van der Waals surface area contributed by atoms with Gasteiger partial charge in [-0.3, -0.25) is 0 Å². The normalized spacial score (nSPS) is 12.1. The molecule has 0 radical (unpaired) electrons. The average Bonchev–Trinajstić information content (AvgIpc) is 2.41. The first-order valence-electron chi connectivity index (χ1n) is 6.07. The highest BCUT2D eigenvalue weighted by Crippen LogP contribution is 2.26. The Labute approximate surface area is 111 Å². The zero-order valence-electron chi connectivity index (χ0n) is 10.4. The summed E-state index contributed by atoms with van der Waals surface area (Å²) in [6.07, 6.45) is 0. The van der Waals surface area contributed by atoms with Crippen molar-refractivity contribution in [3.8, 4) is 11.5 Å². The van der Waals surface area contributed by atoms with Crippen LogP contribution in [0.25, 0.3) is 0 Å². The van der Waals surface area contributed by atoms with E-state index in [1.807, 2.05) is 6.07 Å². The molecule has 4 heteroatoms. The molecule has 0 amide bonds. The number of benzene rings is 2. The van der Waals surface area contributed by atoms with Gasteiger partial charge in [0.1, 0.15) is 5.82 Å². The molecule has 0 spiro atoms. The summed E-state index contributed by atoms with van der Waals surface area (Å²) < 4.78 is 18.7. The van der Waals surface area contributed by atoms with Crippen LogP contribution < -0.4 is 10.5 Å². The molecule has 0 fully saturated rings. The summed E-state index contributed by atoms with van der Waals surface area (Å²) in [5.74, 6) is 0.0729. The van der Waals surface area contributed by atoms with Gasteiger partial charge in [-0.15, -0.1) is 0 Å². The van der Waals surface area contributed by atoms with Crippen molar-refractivity contribution in [3.63, 3.8) is 0 Å². The van der Waals surface area contributed by atoms with Gasteiger partial charge in [0, 0.05) is 12.5 Å². The minimum atomic E-state index is -0.293. The molecule has 0 bridgehead atoms. The fraction of sp³-hybridized carbons (Fsp3) is 0.200. The Bertz CT molecular complexity index is 545. The van der Waals surface area contributed by atoms with Crippen LogP contribution >= 0.6 is 0 Å². The Hall–Kier alpha value is -2.07. The maximum atomic E-state index is 13.2. The van der Waals surface area contributed by atoms with Gasteiger partial charge >= 0.3 is 0 Å². The molecule has 100 valence electrons. The molecule has 19 heavy (non-hydrogen) atoms. The number of para-hydroxylation sites is 2. The number of aromatic hydroxyl groups is 1. The quantitative estimate of drug-likeness (QED) is 0.870. The van der Waals surface area contributed by atoms with E-state index in [0.717, 1.165) is 5.56 Å². The minimum Gasteiger partial charge on any atom is -0.504 e.